The van der Waals surface area contributed by atoms with Gasteiger partial charge in [-0.2, -0.15) is 0 Å². The zero-order chi connectivity index (χ0) is 12.1. The highest BCUT2D eigenvalue weighted by Gasteiger charge is 2.05. The molecule has 0 unspecified atom stereocenters. The second kappa shape index (κ2) is 5.30. The van der Waals surface area contributed by atoms with Gasteiger partial charge in [-0.1, -0.05) is 30.3 Å². The van der Waals surface area contributed by atoms with E-state index in [2.05, 4.69) is 4.98 Å². The van der Waals surface area contributed by atoms with Crippen LogP contribution >= 0.6 is 0 Å². The third-order valence-electron chi connectivity index (χ3n) is 2.32. The van der Waals surface area contributed by atoms with Crippen LogP contribution in [0, 0.1) is 0 Å². The van der Waals surface area contributed by atoms with Crippen LogP contribution < -0.4 is 0 Å². The Hall–Kier alpha value is -2.10. The summed E-state index contributed by atoms with van der Waals surface area (Å²) in [5.41, 5.74) is 1.89. The summed E-state index contributed by atoms with van der Waals surface area (Å²) in [7, 11) is 0. The molecule has 4 heteroatoms. The molecule has 4 nitrogen and oxygen atoms in total. The van der Waals surface area contributed by atoms with E-state index in [-0.39, 0.29) is 12.5 Å². The number of carbonyl (C=O) groups excluding carboxylic acids is 1. The van der Waals surface area contributed by atoms with Gasteiger partial charge in [-0.15, -0.1) is 0 Å². The van der Waals surface area contributed by atoms with Crippen molar-refractivity contribution in [3.63, 3.8) is 0 Å². The lowest BCUT2D eigenvalue weighted by molar-refractivity contribution is -0.143. The molecule has 0 amide bonds. The lowest BCUT2D eigenvalue weighted by Crippen LogP contribution is -2.11. The molecule has 0 saturated carbocycles. The smallest absolute Gasteiger partial charge is 0.325 e. The van der Waals surface area contributed by atoms with Crippen molar-refractivity contribution in [1.29, 1.82) is 0 Å². The first-order chi connectivity index (χ1) is 8.29. The van der Waals surface area contributed by atoms with E-state index in [4.69, 9.17) is 4.74 Å². The SMILES string of the molecule is CCOC(=O)Cn1cnc(-c2ccccc2)c1. The number of hydrogen-bond acceptors (Lipinski definition) is 3. The van der Waals surface area contributed by atoms with Crippen molar-refractivity contribution in [1.82, 2.24) is 9.55 Å². The van der Waals surface area contributed by atoms with Crippen LogP contribution in [0.15, 0.2) is 42.9 Å². The Morgan fingerprint density at radius 2 is 2.12 bits per heavy atom. The first-order valence-electron chi connectivity index (χ1n) is 5.52. The summed E-state index contributed by atoms with van der Waals surface area (Å²) in [6, 6.07) is 9.84. The fourth-order valence-corrected chi connectivity index (χ4v) is 1.56. The molecule has 0 atom stereocenters. The second-order valence-electron chi connectivity index (χ2n) is 3.60. The standard InChI is InChI=1S/C13H14N2O2/c1-2-17-13(16)9-15-8-12(14-10-15)11-6-4-3-5-7-11/h3-8,10H,2,9H2,1H3. The molecular formula is C13H14N2O2. The molecule has 0 aliphatic heterocycles. The summed E-state index contributed by atoms with van der Waals surface area (Å²) < 4.78 is 6.60. The number of aromatic nitrogens is 2. The van der Waals surface area contributed by atoms with Gasteiger partial charge in [-0.25, -0.2) is 4.98 Å². The Kier molecular flexibility index (Phi) is 3.55. The first kappa shape index (κ1) is 11.4. The van der Waals surface area contributed by atoms with Crippen LogP contribution in [0.5, 0.6) is 0 Å². The normalized spacial score (nSPS) is 10.2. The van der Waals surface area contributed by atoms with Gasteiger partial charge in [-0.3, -0.25) is 4.79 Å². The molecule has 0 aliphatic carbocycles. The second-order valence-corrected chi connectivity index (χ2v) is 3.60. The van der Waals surface area contributed by atoms with E-state index in [1.807, 2.05) is 36.5 Å². The minimum absolute atomic E-state index is 0.202. The Bertz CT molecular complexity index is 491. The van der Waals surface area contributed by atoms with Gasteiger partial charge in [0, 0.05) is 11.8 Å². The van der Waals surface area contributed by atoms with Gasteiger partial charge in [0.15, 0.2) is 0 Å². The summed E-state index contributed by atoms with van der Waals surface area (Å²) in [6.07, 6.45) is 3.48. The van der Waals surface area contributed by atoms with Gasteiger partial charge in [0.2, 0.25) is 0 Å². The molecule has 2 rings (SSSR count). The third-order valence-corrected chi connectivity index (χ3v) is 2.32. The molecule has 0 aliphatic rings. The molecule has 17 heavy (non-hydrogen) atoms. The molecule has 0 saturated heterocycles. The van der Waals surface area contributed by atoms with Crippen LogP contribution in [0.1, 0.15) is 6.92 Å². The average molecular weight is 230 g/mol. The molecule has 88 valence electrons. The fourth-order valence-electron chi connectivity index (χ4n) is 1.56. The number of nitrogens with zero attached hydrogens (tertiary/aromatic N) is 2. The van der Waals surface area contributed by atoms with Gasteiger partial charge < -0.3 is 9.30 Å². The van der Waals surface area contributed by atoms with Crippen molar-refractivity contribution in [2.75, 3.05) is 6.61 Å². The minimum Gasteiger partial charge on any atom is -0.465 e. The summed E-state index contributed by atoms with van der Waals surface area (Å²) in [4.78, 5) is 15.5. The van der Waals surface area contributed by atoms with Crippen molar-refractivity contribution in [3.05, 3.63) is 42.9 Å². The maximum absolute atomic E-state index is 11.3. The number of rotatable bonds is 4. The van der Waals surface area contributed by atoms with Crippen LogP contribution in [0.25, 0.3) is 11.3 Å². The summed E-state index contributed by atoms with van der Waals surface area (Å²) in [5.74, 6) is -0.246. The maximum atomic E-state index is 11.3. The van der Waals surface area contributed by atoms with Crippen molar-refractivity contribution < 1.29 is 9.53 Å². The van der Waals surface area contributed by atoms with Crippen molar-refractivity contribution >= 4 is 5.97 Å². The lowest BCUT2D eigenvalue weighted by atomic mass is 10.2. The Labute approximate surface area is 99.9 Å². The van der Waals surface area contributed by atoms with Gasteiger partial charge >= 0.3 is 5.97 Å². The molecule has 0 fully saturated rings. The molecular weight excluding hydrogens is 216 g/mol. The Balaban J connectivity index is 2.09. The minimum atomic E-state index is -0.246. The van der Waals surface area contributed by atoms with Crippen molar-refractivity contribution in [2.45, 2.75) is 13.5 Å². The number of imidazole rings is 1. The zero-order valence-corrected chi connectivity index (χ0v) is 9.67. The largest absolute Gasteiger partial charge is 0.465 e. The summed E-state index contributed by atoms with van der Waals surface area (Å²) in [5, 5.41) is 0. The predicted octanol–water partition coefficient (Wildman–Crippen LogP) is 2.11. The molecule has 1 aromatic heterocycles. The fraction of sp³-hybridized carbons (Fsp3) is 0.231. The monoisotopic (exact) mass is 230 g/mol. The molecule has 0 spiro atoms. The lowest BCUT2D eigenvalue weighted by Gasteiger charge is -2.01. The quantitative estimate of drug-likeness (QED) is 0.755. The first-order valence-corrected chi connectivity index (χ1v) is 5.52. The van der Waals surface area contributed by atoms with Crippen molar-refractivity contribution in [2.24, 2.45) is 0 Å². The third kappa shape index (κ3) is 2.93. The van der Waals surface area contributed by atoms with Crippen LogP contribution in [0.2, 0.25) is 0 Å². The topological polar surface area (TPSA) is 44.1 Å². The number of carbonyl (C=O) groups is 1. The van der Waals surface area contributed by atoms with Gasteiger partial charge in [0.05, 0.1) is 18.6 Å². The van der Waals surface area contributed by atoms with Crippen LogP contribution in [-0.4, -0.2) is 22.1 Å². The van der Waals surface area contributed by atoms with E-state index in [0.29, 0.717) is 6.61 Å². The molecule has 1 heterocycles. The van der Waals surface area contributed by atoms with Crippen LogP contribution in [0.4, 0.5) is 0 Å². The summed E-state index contributed by atoms with van der Waals surface area (Å²) >= 11 is 0. The zero-order valence-electron chi connectivity index (χ0n) is 9.67. The molecule has 0 N–H and O–H groups in total. The highest BCUT2D eigenvalue weighted by molar-refractivity contribution is 5.69. The highest BCUT2D eigenvalue weighted by atomic mass is 16.5. The van der Waals surface area contributed by atoms with E-state index in [1.54, 1.807) is 17.8 Å². The molecule has 1 aromatic carbocycles. The van der Waals surface area contributed by atoms with Gasteiger partial charge in [-0.05, 0) is 6.92 Å². The molecule has 2 aromatic rings. The van der Waals surface area contributed by atoms with E-state index in [9.17, 15) is 4.79 Å². The van der Waals surface area contributed by atoms with Crippen LogP contribution in [-0.2, 0) is 16.1 Å². The van der Waals surface area contributed by atoms with Gasteiger partial charge in [0.25, 0.3) is 0 Å². The average Bonchev–Trinajstić information content (AvgIpc) is 2.79. The van der Waals surface area contributed by atoms with E-state index < -0.39 is 0 Å². The maximum Gasteiger partial charge on any atom is 0.325 e. The van der Waals surface area contributed by atoms with E-state index in [1.165, 1.54) is 0 Å². The molecule has 0 bridgehead atoms. The molecule has 0 radical (unpaired) electrons. The predicted molar refractivity (Wildman–Crippen MR) is 64.3 cm³/mol. The van der Waals surface area contributed by atoms with Gasteiger partial charge in [0.1, 0.15) is 6.54 Å². The van der Waals surface area contributed by atoms with Crippen molar-refractivity contribution in [3.8, 4) is 11.3 Å². The number of hydrogen-bond donors (Lipinski definition) is 0. The number of esters is 1. The number of benzene rings is 1. The number of ether oxygens (including phenoxy) is 1. The van der Waals surface area contributed by atoms with E-state index in [0.717, 1.165) is 11.3 Å². The Morgan fingerprint density at radius 1 is 1.35 bits per heavy atom. The highest BCUT2D eigenvalue weighted by Crippen LogP contribution is 2.15. The van der Waals surface area contributed by atoms with Crippen LogP contribution in [0.3, 0.4) is 0 Å². The Morgan fingerprint density at radius 3 is 2.82 bits per heavy atom. The summed E-state index contributed by atoms with van der Waals surface area (Å²) in [6.45, 7) is 2.40. The van der Waals surface area contributed by atoms with E-state index >= 15 is 0 Å².